The first-order valence-electron chi connectivity index (χ1n) is 8.13. The molecule has 0 aliphatic carbocycles. The Labute approximate surface area is 142 Å². The van der Waals surface area contributed by atoms with Gasteiger partial charge in [-0.15, -0.1) is 0 Å². The van der Waals surface area contributed by atoms with Crippen LogP contribution >= 0.6 is 0 Å². The van der Waals surface area contributed by atoms with Crippen molar-refractivity contribution in [2.45, 2.75) is 37.2 Å². The van der Waals surface area contributed by atoms with Crippen molar-refractivity contribution < 1.29 is 13.2 Å². The van der Waals surface area contributed by atoms with Gasteiger partial charge in [0.2, 0.25) is 5.91 Å². The first-order chi connectivity index (χ1) is 11.4. The van der Waals surface area contributed by atoms with E-state index in [1.807, 2.05) is 11.0 Å². The van der Waals surface area contributed by atoms with Crippen LogP contribution in [-0.4, -0.2) is 36.6 Å². The van der Waals surface area contributed by atoms with Crippen molar-refractivity contribution in [1.82, 2.24) is 9.47 Å². The summed E-state index contributed by atoms with van der Waals surface area (Å²) in [5, 5.41) is 0. The highest BCUT2D eigenvalue weighted by atomic mass is 32.2. The number of nitrogens with zero attached hydrogens (tertiary/aromatic N) is 2. The molecule has 1 atom stereocenters. The predicted octanol–water partition coefficient (Wildman–Crippen LogP) is 2.43. The molecule has 1 amide bonds. The molecule has 0 fully saturated rings. The Hall–Kier alpha value is -2.08. The third kappa shape index (κ3) is 3.24. The number of amides is 1. The van der Waals surface area contributed by atoms with Gasteiger partial charge in [0, 0.05) is 31.2 Å². The number of carbonyl (C=O) groups excluding carboxylic acids is 1. The minimum atomic E-state index is -3.21. The highest BCUT2D eigenvalue weighted by Crippen LogP contribution is 2.29. The Morgan fingerprint density at radius 1 is 1.17 bits per heavy atom. The van der Waals surface area contributed by atoms with Crippen molar-refractivity contribution >= 4 is 15.7 Å². The van der Waals surface area contributed by atoms with E-state index in [9.17, 15) is 13.2 Å². The van der Waals surface area contributed by atoms with Crippen LogP contribution in [-0.2, 0) is 27.6 Å². The SMILES string of the molecule is CC[C@@H]1c2cccn2CCN1C(=O)Cc1ccc(S(C)(=O)=O)cc1. The second-order valence-electron chi connectivity index (χ2n) is 6.23. The molecule has 5 nitrogen and oxygen atoms in total. The highest BCUT2D eigenvalue weighted by molar-refractivity contribution is 7.90. The Morgan fingerprint density at radius 2 is 1.88 bits per heavy atom. The van der Waals surface area contributed by atoms with Gasteiger partial charge in [0.05, 0.1) is 17.4 Å². The molecule has 0 N–H and O–H groups in total. The van der Waals surface area contributed by atoms with E-state index in [0.717, 1.165) is 18.5 Å². The first-order valence-corrected chi connectivity index (χ1v) is 10.0. The standard InChI is InChI=1S/C18H22N2O3S/c1-3-16-17-5-4-10-19(17)11-12-20(16)18(21)13-14-6-8-15(9-7-14)24(2,22)23/h4-10,16H,3,11-13H2,1-2H3/t16-/m1/s1. The number of benzene rings is 1. The lowest BCUT2D eigenvalue weighted by atomic mass is 10.0. The van der Waals surface area contributed by atoms with Crippen molar-refractivity contribution in [3.05, 3.63) is 53.9 Å². The largest absolute Gasteiger partial charge is 0.348 e. The molecule has 0 unspecified atom stereocenters. The first kappa shape index (κ1) is 16.8. The molecule has 1 aromatic carbocycles. The minimum absolute atomic E-state index is 0.0846. The van der Waals surface area contributed by atoms with Crippen LogP contribution in [0.4, 0.5) is 0 Å². The Morgan fingerprint density at radius 3 is 2.50 bits per heavy atom. The van der Waals surface area contributed by atoms with E-state index in [4.69, 9.17) is 0 Å². The smallest absolute Gasteiger partial charge is 0.227 e. The van der Waals surface area contributed by atoms with E-state index in [1.54, 1.807) is 24.3 Å². The molecule has 0 radical (unpaired) electrons. The minimum Gasteiger partial charge on any atom is -0.348 e. The van der Waals surface area contributed by atoms with Gasteiger partial charge in [-0.25, -0.2) is 8.42 Å². The fourth-order valence-electron chi connectivity index (χ4n) is 3.32. The summed E-state index contributed by atoms with van der Waals surface area (Å²) in [5.74, 6) is 0.0846. The summed E-state index contributed by atoms with van der Waals surface area (Å²) in [6.07, 6.45) is 4.41. The van der Waals surface area contributed by atoms with Crippen molar-refractivity contribution in [3.8, 4) is 0 Å². The van der Waals surface area contributed by atoms with Crippen LogP contribution in [0, 0.1) is 0 Å². The number of aromatic nitrogens is 1. The van der Waals surface area contributed by atoms with E-state index in [1.165, 1.54) is 11.9 Å². The average Bonchev–Trinajstić information content (AvgIpc) is 3.02. The van der Waals surface area contributed by atoms with Crippen molar-refractivity contribution in [2.75, 3.05) is 12.8 Å². The molecule has 2 heterocycles. The Balaban J connectivity index is 1.75. The summed E-state index contributed by atoms with van der Waals surface area (Å²) < 4.78 is 25.2. The highest BCUT2D eigenvalue weighted by Gasteiger charge is 2.29. The lowest BCUT2D eigenvalue weighted by Crippen LogP contribution is -2.42. The monoisotopic (exact) mass is 346 g/mol. The zero-order chi connectivity index (χ0) is 17.3. The number of rotatable bonds is 4. The van der Waals surface area contributed by atoms with E-state index in [0.29, 0.717) is 13.0 Å². The van der Waals surface area contributed by atoms with Crippen LogP contribution in [0.15, 0.2) is 47.5 Å². The maximum absolute atomic E-state index is 12.7. The van der Waals surface area contributed by atoms with Crippen molar-refractivity contribution in [3.63, 3.8) is 0 Å². The summed E-state index contributed by atoms with van der Waals surface area (Å²) in [6, 6.07) is 10.8. The summed E-state index contributed by atoms with van der Waals surface area (Å²) in [6.45, 7) is 3.62. The van der Waals surface area contributed by atoms with Gasteiger partial charge >= 0.3 is 0 Å². The van der Waals surface area contributed by atoms with E-state index in [2.05, 4.69) is 23.8 Å². The molecule has 0 saturated carbocycles. The van der Waals surface area contributed by atoms with Gasteiger partial charge in [0.15, 0.2) is 9.84 Å². The van der Waals surface area contributed by atoms with Crippen LogP contribution < -0.4 is 0 Å². The summed E-state index contributed by atoms with van der Waals surface area (Å²) >= 11 is 0. The van der Waals surface area contributed by atoms with Crippen LogP contribution in [0.25, 0.3) is 0 Å². The van der Waals surface area contributed by atoms with Crippen molar-refractivity contribution in [2.24, 2.45) is 0 Å². The average molecular weight is 346 g/mol. The number of fused-ring (bicyclic) bond motifs is 1. The Kier molecular flexibility index (Phi) is 4.49. The number of carbonyl (C=O) groups is 1. The molecule has 128 valence electrons. The maximum atomic E-state index is 12.7. The molecular weight excluding hydrogens is 324 g/mol. The lowest BCUT2D eigenvalue weighted by molar-refractivity contribution is -0.134. The van der Waals surface area contributed by atoms with Crippen LogP contribution in [0.1, 0.15) is 30.6 Å². The van der Waals surface area contributed by atoms with Crippen molar-refractivity contribution in [1.29, 1.82) is 0 Å². The van der Waals surface area contributed by atoms with Gasteiger partial charge in [0.25, 0.3) is 0 Å². The fourth-order valence-corrected chi connectivity index (χ4v) is 3.95. The maximum Gasteiger partial charge on any atom is 0.227 e. The predicted molar refractivity (Wildman–Crippen MR) is 92.4 cm³/mol. The number of sulfone groups is 1. The molecule has 0 saturated heterocycles. The van der Waals surface area contributed by atoms with Gasteiger partial charge in [0.1, 0.15) is 0 Å². The van der Waals surface area contributed by atoms with Gasteiger partial charge in [-0.05, 0) is 36.2 Å². The normalized spacial score (nSPS) is 17.6. The molecule has 24 heavy (non-hydrogen) atoms. The molecule has 1 aliphatic heterocycles. The molecule has 6 heteroatoms. The topological polar surface area (TPSA) is 59.4 Å². The van der Waals surface area contributed by atoms with Crippen LogP contribution in [0.2, 0.25) is 0 Å². The van der Waals surface area contributed by atoms with Crippen LogP contribution in [0.3, 0.4) is 0 Å². The molecule has 3 rings (SSSR count). The molecule has 1 aromatic heterocycles. The number of hydrogen-bond donors (Lipinski definition) is 0. The van der Waals surface area contributed by atoms with E-state index >= 15 is 0 Å². The van der Waals surface area contributed by atoms with Gasteiger partial charge < -0.3 is 9.47 Å². The molecule has 0 spiro atoms. The molecule has 1 aliphatic rings. The Bertz CT molecular complexity index is 837. The van der Waals surface area contributed by atoms with Crippen LogP contribution in [0.5, 0.6) is 0 Å². The second-order valence-corrected chi connectivity index (χ2v) is 8.25. The summed E-state index contributed by atoms with van der Waals surface area (Å²) in [4.78, 5) is 15.0. The fraction of sp³-hybridized carbons (Fsp3) is 0.389. The van der Waals surface area contributed by atoms with Gasteiger partial charge in [-0.1, -0.05) is 19.1 Å². The quantitative estimate of drug-likeness (QED) is 0.854. The summed E-state index contributed by atoms with van der Waals surface area (Å²) in [5.41, 5.74) is 2.02. The zero-order valence-electron chi connectivity index (χ0n) is 14.0. The molecular formula is C18H22N2O3S. The molecule has 0 bridgehead atoms. The third-order valence-electron chi connectivity index (χ3n) is 4.58. The second kappa shape index (κ2) is 6.43. The van der Waals surface area contributed by atoms with Gasteiger partial charge in [-0.3, -0.25) is 4.79 Å². The van der Waals surface area contributed by atoms with Gasteiger partial charge in [-0.2, -0.15) is 0 Å². The summed E-state index contributed by atoms with van der Waals surface area (Å²) in [7, 11) is -3.21. The zero-order valence-corrected chi connectivity index (χ0v) is 14.8. The van der Waals surface area contributed by atoms with E-state index < -0.39 is 9.84 Å². The number of hydrogen-bond acceptors (Lipinski definition) is 3. The third-order valence-corrected chi connectivity index (χ3v) is 5.71. The van der Waals surface area contributed by atoms with E-state index in [-0.39, 0.29) is 16.8 Å². The lowest BCUT2D eigenvalue weighted by Gasteiger charge is -2.36. The molecule has 2 aromatic rings.